The molecule has 2 aromatic carbocycles. The lowest BCUT2D eigenvalue weighted by atomic mass is 9.71. The van der Waals surface area contributed by atoms with Crippen molar-refractivity contribution in [3.8, 4) is 5.75 Å². The minimum Gasteiger partial charge on any atom is -0.481 e. The van der Waals surface area contributed by atoms with Crippen molar-refractivity contribution in [1.29, 1.82) is 0 Å². The predicted octanol–water partition coefficient (Wildman–Crippen LogP) is 4.01. The molecule has 2 nitrogen and oxygen atoms in total. The van der Waals surface area contributed by atoms with Crippen molar-refractivity contribution < 1.29 is 9.53 Å². The van der Waals surface area contributed by atoms with Crippen LogP contribution in [0.25, 0.3) is 0 Å². The third-order valence-corrected chi connectivity index (χ3v) is 5.40. The summed E-state index contributed by atoms with van der Waals surface area (Å²) >= 11 is 0. The molecule has 0 N–H and O–H groups in total. The van der Waals surface area contributed by atoms with Crippen LogP contribution in [0.15, 0.2) is 42.5 Å². The lowest BCUT2D eigenvalue weighted by molar-refractivity contribution is 0.0456. The Bertz CT molecular complexity index is 777. The Morgan fingerprint density at radius 2 is 1.81 bits per heavy atom. The topological polar surface area (TPSA) is 26.3 Å². The molecule has 21 heavy (non-hydrogen) atoms. The number of hydrogen-bond acceptors (Lipinski definition) is 2. The molecule has 0 saturated carbocycles. The number of rotatable bonds is 1. The molecule has 0 saturated heterocycles. The van der Waals surface area contributed by atoms with Crippen LogP contribution in [0.4, 0.5) is 0 Å². The lowest BCUT2D eigenvalue weighted by Gasteiger charge is -2.32. The van der Waals surface area contributed by atoms with Gasteiger partial charge in [0.15, 0.2) is 5.78 Å². The number of carbonyl (C=O) groups excluding carboxylic acids is 1. The Hall–Kier alpha value is -2.09. The van der Waals surface area contributed by atoms with E-state index in [-0.39, 0.29) is 5.78 Å². The molecule has 106 valence electrons. The Morgan fingerprint density at radius 1 is 1.05 bits per heavy atom. The van der Waals surface area contributed by atoms with E-state index in [1.165, 1.54) is 5.56 Å². The first kappa shape index (κ1) is 12.6. The summed E-state index contributed by atoms with van der Waals surface area (Å²) in [6.45, 7) is 6.19. The van der Waals surface area contributed by atoms with E-state index >= 15 is 0 Å². The monoisotopic (exact) mass is 278 g/mol. The van der Waals surface area contributed by atoms with Crippen molar-refractivity contribution in [3.05, 3.63) is 64.7 Å². The zero-order chi connectivity index (χ0) is 14.8. The van der Waals surface area contributed by atoms with Gasteiger partial charge in [0.25, 0.3) is 0 Å². The van der Waals surface area contributed by atoms with Crippen molar-refractivity contribution in [2.75, 3.05) is 0 Å². The van der Waals surface area contributed by atoms with Crippen LogP contribution < -0.4 is 4.74 Å². The van der Waals surface area contributed by atoms with Gasteiger partial charge in [0.05, 0.1) is 0 Å². The first-order valence-electron chi connectivity index (χ1n) is 7.49. The number of ether oxygens (including phenoxy) is 1. The maximum atomic E-state index is 13.0. The third-order valence-electron chi connectivity index (χ3n) is 5.40. The van der Waals surface area contributed by atoms with Crippen LogP contribution in [0.2, 0.25) is 0 Å². The SMILES string of the molecule is CCc1ccc2c(c1)OC1(C)c3ccccc3C(=O)C21C. The van der Waals surface area contributed by atoms with Crippen LogP contribution in [-0.4, -0.2) is 5.78 Å². The first-order valence-corrected chi connectivity index (χ1v) is 7.49. The summed E-state index contributed by atoms with van der Waals surface area (Å²) in [5, 5.41) is 0. The van der Waals surface area contributed by atoms with Gasteiger partial charge in [-0.25, -0.2) is 0 Å². The molecule has 2 aromatic rings. The molecule has 2 aliphatic rings. The van der Waals surface area contributed by atoms with Crippen LogP contribution in [0.5, 0.6) is 5.75 Å². The zero-order valence-corrected chi connectivity index (χ0v) is 12.6. The second kappa shape index (κ2) is 3.76. The van der Waals surface area contributed by atoms with E-state index in [0.717, 1.165) is 28.9 Å². The second-order valence-corrected chi connectivity index (χ2v) is 6.32. The van der Waals surface area contributed by atoms with Gasteiger partial charge >= 0.3 is 0 Å². The molecule has 2 heteroatoms. The van der Waals surface area contributed by atoms with Crippen molar-refractivity contribution in [2.45, 2.75) is 38.2 Å². The molecule has 2 unspecified atom stereocenters. The van der Waals surface area contributed by atoms with Crippen LogP contribution >= 0.6 is 0 Å². The summed E-state index contributed by atoms with van der Waals surface area (Å²) in [6, 6.07) is 14.1. The van der Waals surface area contributed by atoms with Gasteiger partial charge in [0, 0.05) is 16.7 Å². The van der Waals surface area contributed by atoms with Crippen molar-refractivity contribution in [3.63, 3.8) is 0 Å². The highest BCUT2D eigenvalue weighted by Crippen LogP contribution is 2.60. The van der Waals surface area contributed by atoms with Gasteiger partial charge in [-0.3, -0.25) is 4.79 Å². The lowest BCUT2D eigenvalue weighted by Crippen LogP contribution is -2.44. The minimum absolute atomic E-state index is 0.170. The average Bonchev–Trinajstić information content (AvgIpc) is 2.84. The molecular formula is C19H18O2. The fourth-order valence-electron chi connectivity index (χ4n) is 3.89. The molecule has 0 radical (unpaired) electrons. The fourth-order valence-corrected chi connectivity index (χ4v) is 3.89. The third kappa shape index (κ3) is 1.26. The predicted molar refractivity (Wildman–Crippen MR) is 81.9 cm³/mol. The van der Waals surface area contributed by atoms with Crippen molar-refractivity contribution in [2.24, 2.45) is 0 Å². The Balaban J connectivity index is 2.00. The van der Waals surface area contributed by atoms with Gasteiger partial charge in [-0.05, 0) is 31.9 Å². The molecule has 0 spiro atoms. The van der Waals surface area contributed by atoms with E-state index in [0.29, 0.717) is 0 Å². The van der Waals surface area contributed by atoms with Gasteiger partial charge < -0.3 is 4.74 Å². The van der Waals surface area contributed by atoms with E-state index < -0.39 is 11.0 Å². The smallest absolute Gasteiger partial charge is 0.178 e. The maximum Gasteiger partial charge on any atom is 0.178 e. The van der Waals surface area contributed by atoms with Crippen LogP contribution in [0.3, 0.4) is 0 Å². The van der Waals surface area contributed by atoms with E-state index in [4.69, 9.17) is 4.74 Å². The van der Waals surface area contributed by atoms with Crippen LogP contribution in [0, 0.1) is 0 Å². The Morgan fingerprint density at radius 3 is 2.57 bits per heavy atom. The van der Waals surface area contributed by atoms with Crippen LogP contribution in [0.1, 0.15) is 47.8 Å². The van der Waals surface area contributed by atoms with Gasteiger partial charge in [-0.15, -0.1) is 0 Å². The summed E-state index contributed by atoms with van der Waals surface area (Å²) < 4.78 is 6.34. The summed E-state index contributed by atoms with van der Waals surface area (Å²) in [7, 11) is 0. The molecule has 1 heterocycles. The van der Waals surface area contributed by atoms with Crippen LogP contribution in [-0.2, 0) is 17.4 Å². The Kier molecular flexibility index (Phi) is 2.26. The highest BCUT2D eigenvalue weighted by atomic mass is 16.5. The van der Waals surface area contributed by atoms with Crippen molar-refractivity contribution in [1.82, 2.24) is 0 Å². The highest BCUT2D eigenvalue weighted by molar-refractivity contribution is 6.11. The zero-order valence-electron chi connectivity index (χ0n) is 12.6. The molecule has 0 aromatic heterocycles. The van der Waals surface area contributed by atoms with Gasteiger partial charge in [0.2, 0.25) is 0 Å². The van der Waals surface area contributed by atoms with E-state index in [1.54, 1.807) is 0 Å². The second-order valence-electron chi connectivity index (χ2n) is 6.32. The molecular weight excluding hydrogens is 260 g/mol. The number of carbonyl (C=O) groups is 1. The van der Waals surface area contributed by atoms with E-state index in [1.807, 2.05) is 38.1 Å². The molecule has 0 amide bonds. The number of fused-ring (bicyclic) bond motifs is 5. The minimum atomic E-state index is -0.627. The summed E-state index contributed by atoms with van der Waals surface area (Å²) in [4.78, 5) is 13.0. The normalized spacial score (nSPS) is 28.8. The number of aryl methyl sites for hydroxylation is 1. The molecule has 0 bridgehead atoms. The van der Waals surface area contributed by atoms with E-state index in [9.17, 15) is 4.79 Å². The van der Waals surface area contributed by atoms with Gasteiger partial charge in [-0.2, -0.15) is 0 Å². The highest BCUT2D eigenvalue weighted by Gasteiger charge is 2.65. The molecule has 0 fully saturated rings. The Labute approximate surface area is 124 Å². The van der Waals surface area contributed by atoms with E-state index in [2.05, 4.69) is 25.1 Å². The summed E-state index contributed by atoms with van der Waals surface area (Å²) in [6.07, 6.45) is 0.967. The molecule has 2 atom stereocenters. The molecule has 1 aliphatic heterocycles. The fraction of sp³-hybridized carbons (Fsp3) is 0.316. The number of Topliss-reactive ketones (excluding diaryl/α,β-unsaturated/α-hetero) is 1. The van der Waals surface area contributed by atoms with Gasteiger partial charge in [0.1, 0.15) is 16.8 Å². The summed E-state index contributed by atoms with van der Waals surface area (Å²) in [5.74, 6) is 1.03. The standard InChI is InChI=1S/C19H18O2/c1-4-12-9-10-15-16(11-12)21-19(3)14-8-6-5-7-13(14)17(20)18(15,19)2/h5-11H,4H2,1-3H3. The number of ketones is 1. The maximum absolute atomic E-state index is 13.0. The van der Waals surface area contributed by atoms with Gasteiger partial charge in [-0.1, -0.05) is 43.3 Å². The molecule has 1 aliphatic carbocycles. The number of benzene rings is 2. The summed E-state index contributed by atoms with van der Waals surface area (Å²) in [5.41, 5.74) is 2.83. The average molecular weight is 278 g/mol. The number of hydrogen-bond donors (Lipinski definition) is 0. The van der Waals surface area contributed by atoms with Crippen molar-refractivity contribution >= 4 is 5.78 Å². The quantitative estimate of drug-likeness (QED) is 0.787. The molecule has 4 rings (SSSR count). The first-order chi connectivity index (χ1) is 10.0. The largest absolute Gasteiger partial charge is 0.481 e.